The van der Waals surface area contributed by atoms with Crippen LogP contribution < -0.4 is 0 Å². The minimum absolute atomic E-state index is 0.0337. The van der Waals surface area contributed by atoms with E-state index in [9.17, 15) is 4.79 Å². The van der Waals surface area contributed by atoms with Crippen LogP contribution in [0.5, 0.6) is 0 Å². The Morgan fingerprint density at radius 1 is 1.06 bits per heavy atom. The topological polar surface area (TPSA) is 20.3 Å². The molecule has 2 aromatic carbocycles. The fourth-order valence-electron chi connectivity index (χ4n) is 1.74. The van der Waals surface area contributed by atoms with Crippen LogP contribution in [-0.4, -0.2) is 17.9 Å². The van der Waals surface area contributed by atoms with Crippen molar-refractivity contribution in [3.63, 3.8) is 0 Å². The summed E-state index contributed by atoms with van der Waals surface area (Å²) < 4.78 is 0.977. The van der Waals surface area contributed by atoms with Gasteiger partial charge in [-0.25, -0.2) is 0 Å². The molecule has 2 aromatic rings. The van der Waals surface area contributed by atoms with E-state index < -0.39 is 0 Å². The number of carbonyl (C=O) groups excluding carboxylic acids is 1. The van der Waals surface area contributed by atoms with Gasteiger partial charge in [0.05, 0.1) is 0 Å². The molecular weight excluding hydrogens is 290 g/mol. The molecule has 0 bridgehead atoms. The Morgan fingerprint density at radius 2 is 1.67 bits per heavy atom. The van der Waals surface area contributed by atoms with Crippen molar-refractivity contribution in [1.82, 2.24) is 4.90 Å². The summed E-state index contributed by atoms with van der Waals surface area (Å²) in [4.78, 5) is 13.9. The first-order valence-corrected chi connectivity index (χ1v) is 6.51. The zero-order valence-corrected chi connectivity index (χ0v) is 11.7. The van der Waals surface area contributed by atoms with E-state index in [0.717, 1.165) is 10.0 Å². The zero-order valence-electron chi connectivity index (χ0n) is 10.1. The van der Waals surface area contributed by atoms with Gasteiger partial charge >= 0.3 is 0 Å². The number of amides is 1. The maximum absolute atomic E-state index is 12.2. The number of rotatable bonds is 3. The highest BCUT2D eigenvalue weighted by Crippen LogP contribution is 2.13. The van der Waals surface area contributed by atoms with Crippen molar-refractivity contribution < 1.29 is 4.79 Å². The van der Waals surface area contributed by atoms with Crippen molar-refractivity contribution in [3.05, 3.63) is 70.2 Å². The smallest absolute Gasteiger partial charge is 0.253 e. The van der Waals surface area contributed by atoms with Crippen molar-refractivity contribution in [2.75, 3.05) is 7.05 Å². The maximum Gasteiger partial charge on any atom is 0.253 e. The Bertz CT molecular complexity index is 522. The summed E-state index contributed by atoms with van der Waals surface area (Å²) in [7, 11) is 1.82. The first kappa shape index (κ1) is 12.8. The van der Waals surface area contributed by atoms with E-state index in [0.29, 0.717) is 12.1 Å². The van der Waals surface area contributed by atoms with Gasteiger partial charge in [0, 0.05) is 23.6 Å². The van der Waals surface area contributed by atoms with E-state index in [4.69, 9.17) is 0 Å². The monoisotopic (exact) mass is 303 g/mol. The molecule has 0 aliphatic rings. The van der Waals surface area contributed by atoms with Gasteiger partial charge in [-0.3, -0.25) is 4.79 Å². The molecule has 1 amide bonds. The minimum atomic E-state index is 0.0337. The van der Waals surface area contributed by atoms with Gasteiger partial charge in [0.1, 0.15) is 0 Å². The van der Waals surface area contributed by atoms with Crippen LogP contribution in [0, 0.1) is 0 Å². The van der Waals surface area contributed by atoms with Crippen LogP contribution in [-0.2, 0) is 6.54 Å². The van der Waals surface area contributed by atoms with Crippen LogP contribution in [0.25, 0.3) is 0 Å². The SMILES string of the molecule is CN(Cc1ccccc1)C(=O)c1ccc(Br)cc1. The molecule has 0 spiro atoms. The molecule has 0 aromatic heterocycles. The molecule has 18 heavy (non-hydrogen) atoms. The molecule has 0 atom stereocenters. The molecule has 3 heteroatoms. The highest BCUT2D eigenvalue weighted by atomic mass is 79.9. The highest BCUT2D eigenvalue weighted by Gasteiger charge is 2.11. The first-order valence-electron chi connectivity index (χ1n) is 5.72. The molecule has 0 N–H and O–H groups in total. The number of nitrogens with zero attached hydrogens (tertiary/aromatic N) is 1. The van der Waals surface area contributed by atoms with Gasteiger partial charge in [0.15, 0.2) is 0 Å². The molecule has 2 rings (SSSR count). The fraction of sp³-hybridized carbons (Fsp3) is 0.133. The van der Waals surface area contributed by atoms with E-state index in [-0.39, 0.29) is 5.91 Å². The van der Waals surface area contributed by atoms with Crippen molar-refractivity contribution in [1.29, 1.82) is 0 Å². The molecule has 0 radical (unpaired) electrons. The number of halogens is 1. The summed E-state index contributed by atoms with van der Waals surface area (Å²) in [5.41, 5.74) is 1.84. The lowest BCUT2D eigenvalue weighted by Gasteiger charge is -2.17. The van der Waals surface area contributed by atoms with Crippen LogP contribution in [0.2, 0.25) is 0 Å². The summed E-state index contributed by atoms with van der Waals surface area (Å²) >= 11 is 3.36. The van der Waals surface area contributed by atoms with Gasteiger partial charge in [-0.15, -0.1) is 0 Å². The summed E-state index contributed by atoms with van der Waals surface area (Å²) in [6.07, 6.45) is 0. The maximum atomic E-state index is 12.2. The Balaban J connectivity index is 2.07. The third kappa shape index (κ3) is 3.20. The molecule has 0 saturated carbocycles. The van der Waals surface area contributed by atoms with Gasteiger partial charge < -0.3 is 4.90 Å². The molecule has 0 aliphatic carbocycles. The van der Waals surface area contributed by atoms with Crippen LogP contribution in [0.3, 0.4) is 0 Å². The van der Waals surface area contributed by atoms with Crippen LogP contribution >= 0.6 is 15.9 Å². The van der Waals surface area contributed by atoms with E-state index in [1.165, 1.54) is 0 Å². The van der Waals surface area contributed by atoms with Gasteiger partial charge in [0.25, 0.3) is 5.91 Å². The summed E-state index contributed by atoms with van der Waals surface area (Å²) in [5, 5.41) is 0. The second-order valence-electron chi connectivity index (χ2n) is 4.15. The third-order valence-electron chi connectivity index (χ3n) is 2.70. The van der Waals surface area contributed by atoms with Crippen molar-refractivity contribution >= 4 is 21.8 Å². The largest absolute Gasteiger partial charge is 0.337 e. The molecule has 0 heterocycles. The summed E-state index contributed by atoms with van der Waals surface area (Å²) in [5.74, 6) is 0.0337. The summed E-state index contributed by atoms with van der Waals surface area (Å²) in [6, 6.07) is 17.4. The first-order chi connectivity index (χ1) is 8.66. The second-order valence-corrected chi connectivity index (χ2v) is 5.07. The van der Waals surface area contributed by atoms with Crippen LogP contribution in [0.1, 0.15) is 15.9 Å². The molecule has 0 fully saturated rings. The Kier molecular flexibility index (Phi) is 4.15. The second kappa shape index (κ2) is 5.83. The van der Waals surface area contributed by atoms with Gasteiger partial charge in [-0.05, 0) is 29.8 Å². The van der Waals surface area contributed by atoms with Crippen LogP contribution in [0.15, 0.2) is 59.1 Å². The fourth-order valence-corrected chi connectivity index (χ4v) is 2.01. The quantitative estimate of drug-likeness (QED) is 0.846. The number of benzene rings is 2. The zero-order chi connectivity index (χ0) is 13.0. The normalized spacial score (nSPS) is 10.1. The van der Waals surface area contributed by atoms with Crippen molar-refractivity contribution in [2.24, 2.45) is 0 Å². The van der Waals surface area contributed by atoms with Crippen molar-refractivity contribution in [2.45, 2.75) is 6.54 Å². The molecule has 0 aliphatic heterocycles. The van der Waals surface area contributed by atoms with Gasteiger partial charge in [0.2, 0.25) is 0 Å². The van der Waals surface area contributed by atoms with E-state index in [1.807, 2.05) is 61.6 Å². The standard InChI is InChI=1S/C15H14BrNO/c1-17(11-12-5-3-2-4-6-12)15(18)13-7-9-14(16)10-8-13/h2-10H,11H2,1H3. The minimum Gasteiger partial charge on any atom is -0.337 e. The Labute approximate surface area is 115 Å². The van der Waals surface area contributed by atoms with Gasteiger partial charge in [-0.2, -0.15) is 0 Å². The average molecular weight is 304 g/mol. The number of hydrogen-bond donors (Lipinski definition) is 0. The average Bonchev–Trinajstić information content (AvgIpc) is 2.40. The van der Waals surface area contributed by atoms with E-state index in [1.54, 1.807) is 4.90 Å². The predicted octanol–water partition coefficient (Wildman–Crippen LogP) is 3.72. The molecule has 2 nitrogen and oxygen atoms in total. The van der Waals surface area contributed by atoms with Crippen LogP contribution in [0.4, 0.5) is 0 Å². The Morgan fingerprint density at radius 3 is 2.28 bits per heavy atom. The lowest BCUT2D eigenvalue weighted by molar-refractivity contribution is 0.0785. The van der Waals surface area contributed by atoms with E-state index >= 15 is 0 Å². The molecule has 92 valence electrons. The Hall–Kier alpha value is -1.61. The molecule has 0 unspecified atom stereocenters. The highest BCUT2D eigenvalue weighted by molar-refractivity contribution is 9.10. The molecular formula is C15H14BrNO. The predicted molar refractivity (Wildman–Crippen MR) is 76.4 cm³/mol. The lowest BCUT2D eigenvalue weighted by atomic mass is 10.1. The molecule has 0 saturated heterocycles. The van der Waals surface area contributed by atoms with E-state index in [2.05, 4.69) is 15.9 Å². The summed E-state index contributed by atoms with van der Waals surface area (Å²) in [6.45, 7) is 0.621. The number of hydrogen-bond acceptors (Lipinski definition) is 1. The van der Waals surface area contributed by atoms with Gasteiger partial charge in [-0.1, -0.05) is 46.3 Å². The number of carbonyl (C=O) groups is 1. The lowest BCUT2D eigenvalue weighted by Crippen LogP contribution is -2.26. The van der Waals surface area contributed by atoms with Crippen molar-refractivity contribution in [3.8, 4) is 0 Å². The third-order valence-corrected chi connectivity index (χ3v) is 3.23.